The summed E-state index contributed by atoms with van der Waals surface area (Å²) in [5.41, 5.74) is 6.32. The van der Waals surface area contributed by atoms with Crippen LogP contribution in [0.4, 0.5) is 5.82 Å². The maximum atomic E-state index is 10.0. The van der Waals surface area contributed by atoms with Gasteiger partial charge in [0.1, 0.15) is 17.9 Å². The van der Waals surface area contributed by atoms with Gasteiger partial charge >= 0.3 is 0 Å². The number of nitrogens with zero attached hydrogens (tertiary/aromatic N) is 4. The van der Waals surface area contributed by atoms with Crippen molar-refractivity contribution in [2.24, 2.45) is 0 Å². The van der Waals surface area contributed by atoms with Crippen LogP contribution in [0.15, 0.2) is 12.7 Å². The highest BCUT2D eigenvalue weighted by atomic mass is 16.5. The van der Waals surface area contributed by atoms with E-state index in [1.807, 2.05) is 0 Å². The van der Waals surface area contributed by atoms with E-state index in [9.17, 15) is 5.11 Å². The highest BCUT2D eigenvalue weighted by Crippen LogP contribution is 2.31. The number of aliphatic hydroxyl groups excluding tert-OH is 2. The summed E-state index contributed by atoms with van der Waals surface area (Å²) >= 11 is 0. The third kappa shape index (κ3) is 1.62. The zero-order valence-electron chi connectivity index (χ0n) is 10.4. The van der Waals surface area contributed by atoms with Gasteiger partial charge in [-0.25, -0.2) is 15.0 Å². The fourth-order valence-corrected chi connectivity index (χ4v) is 1.99. The zero-order chi connectivity index (χ0) is 13.6. The molecule has 4 N–H and O–H groups in total. The van der Waals surface area contributed by atoms with Crippen molar-refractivity contribution in [1.29, 1.82) is 0 Å². The molecule has 3 heterocycles. The maximum absolute atomic E-state index is 10.0. The molecular formula is C10H13N5O3. The van der Waals surface area contributed by atoms with Crippen LogP contribution in [0.1, 0.15) is 14.0 Å². The molecule has 96 valence electrons. The van der Waals surface area contributed by atoms with Crippen LogP contribution in [0.2, 0.25) is 0 Å². The van der Waals surface area contributed by atoms with Gasteiger partial charge in [0.2, 0.25) is 0 Å². The van der Waals surface area contributed by atoms with Gasteiger partial charge in [-0.05, 0) is 0 Å². The maximum Gasteiger partial charge on any atom is 0.167 e. The molecule has 1 saturated heterocycles. The Balaban J connectivity index is 2.12. The molecule has 0 spiro atoms. The minimum Gasteiger partial charge on any atom is -0.394 e. The number of nitrogens with two attached hydrogens (primary N) is 1. The number of ether oxygens (including phenoxy) is 1. The average Bonchev–Trinajstić information content (AvgIpc) is 2.94. The van der Waals surface area contributed by atoms with Crippen molar-refractivity contribution in [3.05, 3.63) is 12.7 Å². The van der Waals surface area contributed by atoms with Crippen LogP contribution in [0.25, 0.3) is 11.2 Å². The predicted octanol–water partition coefficient (Wildman–Crippen LogP) is -0.951. The Labute approximate surface area is 103 Å². The Kier molecular flexibility index (Phi) is 2.35. The molecule has 2 aromatic rings. The van der Waals surface area contributed by atoms with E-state index in [2.05, 4.69) is 15.0 Å². The molecule has 1 aliphatic heterocycles. The van der Waals surface area contributed by atoms with Crippen molar-refractivity contribution in [2.45, 2.75) is 24.8 Å². The number of rotatable bonds is 2. The fraction of sp³-hybridized carbons (Fsp3) is 0.500. The Morgan fingerprint density at radius 3 is 3.11 bits per heavy atom. The van der Waals surface area contributed by atoms with Gasteiger partial charge in [0.15, 0.2) is 17.7 Å². The predicted molar refractivity (Wildman–Crippen MR) is 61.4 cm³/mol. The molecule has 0 bridgehead atoms. The monoisotopic (exact) mass is 252 g/mol. The topological polar surface area (TPSA) is 119 Å². The second-order valence-electron chi connectivity index (χ2n) is 4.06. The lowest BCUT2D eigenvalue weighted by atomic mass is 10.2. The molecule has 2 aromatic heterocycles. The number of aromatic nitrogens is 4. The van der Waals surface area contributed by atoms with Gasteiger partial charge in [-0.2, -0.15) is 0 Å². The minimum atomic E-state index is -1.77. The van der Waals surface area contributed by atoms with E-state index in [0.717, 1.165) is 0 Å². The minimum absolute atomic E-state index is 0.167. The van der Waals surface area contributed by atoms with E-state index < -0.39 is 18.4 Å². The first kappa shape index (κ1) is 10.2. The van der Waals surface area contributed by atoms with Gasteiger partial charge in [0.25, 0.3) is 0 Å². The number of imidazole rings is 1. The standard InChI is InChI=1S/C10H13N5O3/c11-8-7-9(13-3-12-8)15(4-14-7)10-6(17)1-5(2-16)18-10/h3-6,10,16-17H,1-2H2,(H2,11,12,13)/t5-,6+,10+/m0/s1/i10D. The van der Waals surface area contributed by atoms with Crippen molar-refractivity contribution >= 4 is 17.0 Å². The number of aliphatic hydroxyl groups is 2. The number of anilines is 1. The SMILES string of the molecule is [2H][C@@]1(n2cnc3c(N)ncnc32)O[C@H](CO)C[C@H]1O. The summed E-state index contributed by atoms with van der Waals surface area (Å²) in [7, 11) is 0. The van der Waals surface area contributed by atoms with Crippen molar-refractivity contribution < 1.29 is 16.3 Å². The van der Waals surface area contributed by atoms with E-state index in [4.69, 9.17) is 16.9 Å². The Bertz CT molecular complexity index is 620. The van der Waals surface area contributed by atoms with E-state index in [-0.39, 0.29) is 18.8 Å². The average molecular weight is 252 g/mol. The largest absolute Gasteiger partial charge is 0.394 e. The number of fused-ring (bicyclic) bond motifs is 1. The molecule has 8 nitrogen and oxygen atoms in total. The first-order chi connectivity index (χ1) is 9.06. The third-order valence-electron chi connectivity index (χ3n) is 2.86. The van der Waals surface area contributed by atoms with Gasteiger partial charge in [-0.15, -0.1) is 0 Å². The molecule has 1 fully saturated rings. The van der Waals surface area contributed by atoms with Gasteiger partial charge in [-0.1, -0.05) is 0 Å². The van der Waals surface area contributed by atoms with E-state index in [1.165, 1.54) is 17.2 Å². The van der Waals surface area contributed by atoms with E-state index in [1.54, 1.807) is 0 Å². The normalized spacial score (nSPS) is 32.9. The number of hydrogen-bond donors (Lipinski definition) is 3. The molecule has 0 saturated carbocycles. The lowest BCUT2D eigenvalue weighted by Gasteiger charge is -2.16. The van der Waals surface area contributed by atoms with Crippen LogP contribution >= 0.6 is 0 Å². The van der Waals surface area contributed by atoms with Gasteiger partial charge in [0, 0.05) is 6.42 Å². The smallest absolute Gasteiger partial charge is 0.167 e. The Morgan fingerprint density at radius 1 is 1.56 bits per heavy atom. The second-order valence-corrected chi connectivity index (χ2v) is 4.06. The lowest BCUT2D eigenvalue weighted by Crippen LogP contribution is -2.19. The molecular weight excluding hydrogens is 238 g/mol. The van der Waals surface area contributed by atoms with Crippen molar-refractivity contribution in [3.63, 3.8) is 0 Å². The number of hydrogen-bond acceptors (Lipinski definition) is 7. The van der Waals surface area contributed by atoms with Crippen LogP contribution in [-0.2, 0) is 4.74 Å². The summed E-state index contributed by atoms with van der Waals surface area (Å²) in [5, 5.41) is 19.1. The summed E-state index contributed by atoms with van der Waals surface area (Å²) in [6, 6.07) is 0. The molecule has 3 rings (SSSR count). The van der Waals surface area contributed by atoms with Gasteiger partial charge in [0.05, 0.1) is 20.4 Å². The van der Waals surface area contributed by atoms with Crippen LogP contribution in [0.5, 0.6) is 0 Å². The molecule has 0 unspecified atom stereocenters. The molecule has 1 aliphatic rings. The third-order valence-corrected chi connectivity index (χ3v) is 2.86. The summed E-state index contributed by atoms with van der Waals surface area (Å²) in [4.78, 5) is 11.9. The summed E-state index contributed by atoms with van der Waals surface area (Å²) in [5.74, 6) is 0.193. The number of nitrogen functional groups attached to an aromatic ring is 1. The molecule has 0 radical (unpaired) electrons. The first-order valence-electron chi connectivity index (χ1n) is 5.97. The van der Waals surface area contributed by atoms with Crippen LogP contribution in [0, 0.1) is 0 Å². The fourth-order valence-electron chi connectivity index (χ4n) is 1.99. The highest BCUT2D eigenvalue weighted by Gasteiger charge is 2.35. The van der Waals surface area contributed by atoms with E-state index in [0.29, 0.717) is 11.2 Å². The summed E-state index contributed by atoms with van der Waals surface area (Å²) in [6.45, 7) is -0.262. The van der Waals surface area contributed by atoms with Crippen molar-refractivity contribution in [1.82, 2.24) is 19.5 Å². The van der Waals surface area contributed by atoms with Crippen LogP contribution in [-0.4, -0.2) is 48.5 Å². The molecule has 8 heteroatoms. The lowest BCUT2D eigenvalue weighted by molar-refractivity contribution is -0.0486. The van der Waals surface area contributed by atoms with Gasteiger partial charge in [-0.3, -0.25) is 4.57 Å². The molecule has 0 amide bonds. The Morgan fingerprint density at radius 2 is 2.39 bits per heavy atom. The summed E-state index contributed by atoms with van der Waals surface area (Å²) in [6.07, 6.45) is -0.721. The molecule has 0 aliphatic carbocycles. The van der Waals surface area contributed by atoms with Crippen LogP contribution in [0.3, 0.4) is 0 Å². The van der Waals surface area contributed by atoms with Gasteiger partial charge < -0.3 is 20.7 Å². The molecule has 18 heavy (non-hydrogen) atoms. The second kappa shape index (κ2) is 4.16. The molecule has 3 atom stereocenters. The van der Waals surface area contributed by atoms with E-state index >= 15 is 0 Å². The zero-order valence-corrected chi connectivity index (χ0v) is 9.39. The molecule has 0 aromatic carbocycles. The van der Waals surface area contributed by atoms with Crippen molar-refractivity contribution in [3.8, 4) is 0 Å². The first-order valence-corrected chi connectivity index (χ1v) is 5.47. The quantitative estimate of drug-likeness (QED) is 0.630. The van der Waals surface area contributed by atoms with Crippen molar-refractivity contribution in [2.75, 3.05) is 12.3 Å². The Hall–Kier alpha value is -1.77. The summed E-state index contributed by atoms with van der Waals surface area (Å²) < 4.78 is 15.0. The van der Waals surface area contributed by atoms with Crippen LogP contribution < -0.4 is 5.73 Å². The highest BCUT2D eigenvalue weighted by molar-refractivity contribution is 5.81.